The van der Waals surface area contributed by atoms with Gasteiger partial charge in [-0.1, -0.05) is 38.0 Å². The van der Waals surface area contributed by atoms with Crippen molar-refractivity contribution in [3.63, 3.8) is 0 Å². The zero-order chi connectivity index (χ0) is 16.9. The van der Waals surface area contributed by atoms with Crippen LogP contribution in [0.25, 0.3) is 0 Å². The SMILES string of the molecule is CC[C@H](NC1CCN([C@H]2CCCC[C@@H]2O)CC1)c1ccccc1O. The molecule has 3 rings (SSSR count). The van der Waals surface area contributed by atoms with Crippen LogP contribution in [0, 0.1) is 0 Å². The van der Waals surface area contributed by atoms with Gasteiger partial charge in [0.25, 0.3) is 0 Å². The van der Waals surface area contributed by atoms with Crippen molar-refractivity contribution < 1.29 is 10.2 Å². The fourth-order valence-corrected chi connectivity index (χ4v) is 4.41. The van der Waals surface area contributed by atoms with Gasteiger partial charge in [0.1, 0.15) is 5.75 Å². The molecule has 0 bridgehead atoms. The summed E-state index contributed by atoms with van der Waals surface area (Å²) in [5.41, 5.74) is 1.00. The van der Waals surface area contributed by atoms with Gasteiger partial charge in [-0.2, -0.15) is 0 Å². The number of rotatable bonds is 5. The van der Waals surface area contributed by atoms with Gasteiger partial charge in [0.2, 0.25) is 0 Å². The second kappa shape index (κ2) is 8.32. The maximum atomic E-state index is 10.3. The zero-order valence-corrected chi connectivity index (χ0v) is 14.8. The lowest BCUT2D eigenvalue weighted by molar-refractivity contribution is 0.00655. The Morgan fingerprint density at radius 3 is 2.50 bits per heavy atom. The van der Waals surface area contributed by atoms with Crippen LogP contribution in [-0.4, -0.2) is 46.4 Å². The van der Waals surface area contributed by atoms with Crippen LogP contribution in [0.2, 0.25) is 0 Å². The van der Waals surface area contributed by atoms with Gasteiger partial charge in [-0.3, -0.25) is 4.90 Å². The van der Waals surface area contributed by atoms with Crippen molar-refractivity contribution in [3.8, 4) is 5.75 Å². The van der Waals surface area contributed by atoms with Gasteiger partial charge in [-0.25, -0.2) is 0 Å². The highest BCUT2D eigenvalue weighted by molar-refractivity contribution is 5.34. The number of phenols is 1. The number of hydrogen-bond acceptors (Lipinski definition) is 4. The second-order valence-corrected chi connectivity index (χ2v) is 7.42. The maximum absolute atomic E-state index is 10.3. The van der Waals surface area contributed by atoms with E-state index in [1.54, 1.807) is 6.07 Å². The van der Waals surface area contributed by atoms with E-state index < -0.39 is 0 Å². The molecular weight excluding hydrogens is 300 g/mol. The normalized spacial score (nSPS) is 27.9. The first-order chi connectivity index (χ1) is 11.7. The van der Waals surface area contributed by atoms with Crippen LogP contribution >= 0.6 is 0 Å². The number of nitrogens with zero attached hydrogens (tertiary/aromatic N) is 1. The van der Waals surface area contributed by atoms with E-state index in [-0.39, 0.29) is 12.1 Å². The molecule has 24 heavy (non-hydrogen) atoms. The number of aromatic hydroxyl groups is 1. The summed E-state index contributed by atoms with van der Waals surface area (Å²) in [5.74, 6) is 0.389. The summed E-state index contributed by atoms with van der Waals surface area (Å²) in [6, 6.07) is 8.73. The Kier molecular flexibility index (Phi) is 6.14. The van der Waals surface area contributed by atoms with Crippen LogP contribution in [0.3, 0.4) is 0 Å². The summed E-state index contributed by atoms with van der Waals surface area (Å²) >= 11 is 0. The molecule has 0 aromatic heterocycles. The molecular formula is C20H32N2O2. The lowest BCUT2D eigenvalue weighted by Gasteiger charge is -2.42. The summed E-state index contributed by atoms with van der Waals surface area (Å²) in [5, 5.41) is 24.1. The molecule has 1 saturated carbocycles. The first-order valence-electron chi connectivity index (χ1n) is 9.65. The van der Waals surface area contributed by atoms with E-state index in [0.717, 1.165) is 50.8 Å². The van der Waals surface area contributed by atoms with Crippen molar-refractivity contribution in [1.29, 1.82) is 0 Å². The minimum absolute atomic E-state index is 0.132. The molecule has 1 aromatic carbocycles. The first-order valence-corrected chi connectivity index (χ1v) is 9.65. The van der Waals surface area contributed by atoms with Crippen LogP contribution in [0.15, 0.2) is 24.3 Å². The summed E-state index contributed by atoms with van der Waals surface area (Å²) in [6.45, 7) is 4.30. The molecule has 0 amide bonds. The van der Waals surface area contributed by atoms with Gasteiger partial charge >= 0.3 is 0 Å². The van der Waals surface area contributed by atoms with E-state index >= 15 is 0 Å². The molecule has 0 radical (unpaired) electrons. The molecule has 0 unspecified atom stereocenters. The highest BCUT2D eigenvalue weighted by atomic mass is 16.3. The number of benzene rings is 1. The summed E-state index contributed by atoms with van der Waals surface area (Å²) in [7, 11) is 0. The molecule has 3 N–H and O–H groups in total. The number of phenolic OH excluding ortho intramolecular Hbond substituents is 1. The minimum atomic E-state index is -0.132. The standard InChI is InChI=1S/C20H32N2O2/c1-2-17(16-7-3-5-9-19(16)23)21-15-11-13-22(14-12-15)18-8-4-6-10-20(18)24/h3,5,7,9,15,17-18,20-21,23-24H,2,4,6,8,10-14H2,1H3/t17-,18-,20-/m0/s1. The lowest BCUT2D eigenvalue weighted by atomic mass is 9.89. The molecule has 1 aliphatic heterocycles. The zero-order valence-electron chi connectivity index (χ0n) is 14.8. The average Bonchev–Trinajstić information content (AvgIpc) is 2.61. The van der Waals surface area contributed by atoms with Crippen LogP contribution < -0.4 is 5.32 Å². The number of hydrogen-bond donors (Lipinski definition) is 3. The summed E-state index contributed by atoms with van der Waals surface area (Å²) in [4.78, 5) is 2.50. The molecule has 2 aliphatic rings. The number of nitrogens with one attached hydrogen (secondary N) is 1. The topological polar surface area (TPSA) is 55.7 Å². The smallest absolute Gasteiger partial charge is 0.120 e. The second-order valence-electron chi connectivity index (χ2n) is 7.42. The quantitative estimate of drug-likeness (QED) is 0.775. The fourth-order valence-electron chi connectivity index (χ4n) is 4.41. The van der Waals surface area contributed by atoms with Gasteiger partial charge in [-0.15, -0.1) is 0 Å². The van der Waals surface area contributed by atoms with E-state index in [1.165, 1.54) is 12.8 Å². The van der Waals surface area contributed by atoms with Gasteiger partial charge in [0, 0.05) is 36.8 Å². The number of para-hydroxylation sites is 1. The predicted molar refractivity (Wildman–Crippen MR) is 97.1 cm³/mol. The van der Waals surface area contributed by atoms with Gasteiger partial charge in [0.15, 0.2) is 0 Å². The number of aliphatic hydroxyl groups excluding tert-OH is 1. The minimum Gasteiger partial charge on any atom is -0.508 e. The number of aliphatic hydroxyl groups is 1. The Balaban J connectivity index is 1.53. The Morgan fingerprint density at radius 1 is 1.12 bits per heavy atom. The van der Waals surface area contributed by atoms with E-state index in [2.05, 4.69) is 17.1 Å². The molecule has 4 nitrogen and oxygen atoms in total. The van der Waals surface area contributed by atoms with Crippen molar-refractivity contribution in [2.24, 2.45) is 0 Å². The molecule has 1 aliphatic carbocycles. The Morgan fingerprint density at radius 2 is 1.83 bits per heavy atom. The van der Waals surface area contributed by atoms with Crippen molar-refractivity contribution in [2.45, 2.75) is 76.1 Å². The molecule has 1 saturated heterocycles. The monoisotopic (exact) mass is 332 g/mol. The average molecular weight is 332 g/mol. The molecule has 2 fully saturated rings. The highest BCUT2D eigenvalue weighted by Crippen LogP contribution is 2.29. The van der Waals surface area contributed by atoms with Crippen LogP contribution in [0.1, 0.15) is 63.5 Å². The lowest BCUT2D eigenvalue weighted by Crippen LogP contribution is -2.51. The molecule has 4 heteroatoms. The third-order valence-corrected chi connectivity index (χ3v) is 5.85. The molecule has 134 valence electrons. The third kappa shape index (κ3) is 4.11. The van der Waals surface area contributed by atoms with Crippen molar-refractivity contribution in [1.82, 2.24) is 10.2 Å². The van der Waals surface area contributed by atoms with E-state index in [1.807, 2.05) is 18.2 Å². The molecule has 3 atom stereocenters. The van der Waals surface area contributed by atoms with Crippen LogP contribution in [-0.2, 0) is 0 Å². The Labute approximate surface area is 145 Å². The Hall–Kier alpha value is -1.10. The molecule has 0 spiro atoms. The number of piperidine rings is 1. The van der Waals surface area contributed by atoms with E-state index in [4.69, 9.17) is 0 Å². The van der Waals surface area contributed by atoms with Gasteiger partial charge in [0.05, 0.1) is 6.10 Å². The highest BCUT2D eigenvalue weighted by Gasteiger charge is 2.32. The largest absolute Gasteiger partial charge is 0.508 e. The van der Waals surface area contributed by atoms with E-state index in [9.17, 15) is 10.2 Å². The van der Waals surface area contributed by atoms with E-state index in [0.29, 0.717) is 17.8 Å². The van der Waals surface area contributed by atoms with Gasteiger partial charge < -0.3 is 15.5 Å². The predicted octanol–water partition coefficient (Wildman–Crippen LogP) is 3.20. The van der Waals surface area contributed by atoms with Crippen LogP contribution in [0.4, 0.5) is 0 Å². The first kappa shape index (κ1) is 17.7. The molecule has 1 heterocycles. The van der Waals surface area contributed by atoms with Gasteiger partial charge in [-0.05, 0) is 38.2 Å². The maximum Gasteiger partial charge on any atom is 0.120 e. The van der Waals surface area contributed by atoms with Crippen LogP contribution in [0.5, 0.6) is 5.75 Å². The third-order valence-electron chi connectivity index (χ3n) is 5.85. The number of likely N-dealkylation sites (tertiary alicyclic amines) is 1. The van der Waals surface area contributed by atoms with Crippen molar-refractivity contribution >= 4 is 0 Å². The Bertz CT molecular complexity index is 514. The van der Waals surface area contributed by atoms with Crippen molar-refractivity contribution in [2.75, 3.05) is 13.1 Å². The fraction of sp³-hybridized carbons (Fsp3) is 0.700. The van der Waals surface area contributed by atoms with Crippen molar-refractivity contribution in [3.05, 3.63) is 29.8 Å². The molecule has 1 aromatic rings. The summed E-state index contributed by atoms with van der Waals surface area (Å²) < 4.78 is 0. The summed E-state index contributed by atoms with van der Waals surface area (Å²) in [6.07, 6.45) is 7.62.